The number of hydrogen-bond donors (Lipinski definition) is 1. The van der Waals surface area contributed by atoms with Crippen LogP contribution < -0.4 is 9.04 Å². The van der Waals surface area contributed by atoms with Crippen molar-refractivity contribution in [1.29, 1.82) is 0 Å². The lowest BCUT2D eigenvalue weighted by atomic mass is 10.1. The number of aryl methyl sites for hydroxylation is 3. The van der Waals surface area contributed by atoms with Crippen molar-refractivity contribution in [2.45, 2.75) is 25.7 Å². The third-order valence-corrected chi connectivity index (χ3v) is 6.52. The molecule has 30 heavy (non-hydrogen) atoms. The maximum absolute atomic E-state index is 13.5. The Morgan fingerprint density at radius 2 is 1.43 bits per heavy atom. The molecule has 0 saturated heterocycles. The number of phenols is 1. The van der Waals surface area contributed by atoms with E-state index in [2.05, 4.69) is 0 Å². The number of sulfonamides is 1. The molecule has 0 spiro atoms. The molecule has 3 rings (SSSR count). The molecule has 3 aromatic rings. The van der Waals surface area contributed by atoms with E-state index in [0.29, 0.717) is 16.9 Å². The fourth-order valence-corrected chi connectivity index (χ4v) is 4.48. The summed E-state index contributed by atoms with van der Waals surface area (Å²) < 4.78 is 32.9. The molecule has 0 atom stereocenters. The van der Waals surface area contributed by atoms with Gasteiger partial charge in [-0.2, -0.15) is 4.31 Å². The first-order valence-electron chi connectivity index (χ1n) is 9.25. The molecule has 0 fully saturated rings. The second-order valence-corrected chi connectivity index (χ2v) is 8.83. The lowest BCUT2D eigenvalue weighted by Gasteiger charge is -2.24. The molecular weight excluding hydrogens is 402 g/mol. The Morgan fingerprint density at radius 3 is 1.93 bits per heavy atom. The molecule has 0 aromatic heterocycles. The van der Waals surface area contributed by atoms with Crippen molar-refractivity contribution in [2.75, 3.05) is 11.4 Å². The third-order valence-electron chi connectivity index (χ3n) is 4.79. The molecule has 6 nitrogen and oxygen atoms in total. The highest BCUT2D eigenvalue weighted by molar-refractivity contribution is 7.93. The van der Waals surface area contributed by atoms with Crippen LogP contribution in [0.5, 0.6) is 11.5 Å². The van der Waals surface area contributed by atoms with Crippen LogP contribution in [0.25, 0.3) is 0 Å². The van der Waals surface area contributed by atoms with Crippen LogP contribution in [-0.4, -0.2) is 26.5 Å². The number of rotatable bonds is 5. The number of methoxy groups -OCH3 is 1. The zero-order chi connectivity index (χ0) is 22.1. The summed E-state index contributed by atoms with van der Waals surface area (Å²) >= 11 is 0. The summed E-state index contributed by atoms with van der Waals surface area (Å²) in [7, 11) is -2.70. The fourth-order valence-electron chi connectivity index (χ4n) is 3.08. The van der Waals surface area contributed by atoms with Crippen LogP contribution in [0.2, 0.25) is 0 Å². The molecule has 0 heterocycles. The number of ether oxygens (including phenoxy) is 1. The minimum Gasteiger partial charge on any atom is -0.507 e. The molecule has 1 amide bonds. The molecule has 1 N–H and O–H groups in total. The first-order valence-corrected chi connectivity index (χ1v) is 10.7. The van der Waals surface area contributed by atoms with E-state index < -0.39 is 15.9 Å². The normalized spacial score (nSPS) is 11.2. The number of carbonyl (C=O) groups is 1. The summed E-state index contributed by atoms with van der Waals surface area (Å²) in [6, 6.07) is 15.5. The minimum absolute atomic E-state index is 0.00153. The van der Waals surface area contributed by atoms with Gasteiger partial charge in [-0.25, -0.2) is 8.42 Å². The fraction of sp³-hybridized carbons (Fsp3) is 0.174. The maximum Gasteiger partial charge on any atom is 0.272 e. The monoisotopic (exact) mass is 425 g/mol. The van der Waals surface area contributed by atoms with E-state index in [-0.39, 0.29) is 21.9 Å². The highest BCUT2D eigenvalue weighted by atomic mass is 32.2. The summed E-state index contributed by atoms with van der Waals surface area (Å²) in [4.78, 5) is 13.4. The van der Waals surface area contributed by atoms with Crippen LogP contribution in [0.1, 0.15) is 27.0 Å². The number of benzene rings is 3. The van der Waals surface area contributed by atoms with Crippen molar-refractivity contribution in [2.24, 2.45) is 0 Å². The second-order valence-electron chi connectivity index (χ2n) is 7.04. The summed E-state index contributed by atoms with van der Waals surface area (Å²) in [5.74, 6) is -0.0955. The predicted molar refractivity (Wildman–Crippen MR) is 116 cm³/mol. The van der Waals surface area contributed by atoms with Gasteiger partial charge in [0, 0.05) is 5.56 Å². The van der Waals surface area contributed by atoms with E-state index in [4.69, 9.17) is 4.74 Å². The van der Waals surface area contributed by atoms with E-state index in [1.54, 1.807) is 38.1 Å². The number of amides is 1. The molecule has 0 unspecified atom stereocenters. The Labute approximate surface area is 176 Å². The number of phenolic OH excluding ortho intramolecular Hbond substituents is 1. The van der Waals surface area contributed by atoms with Gasteiger partial charge in [-0.3, -0.25) is 4.79 Å². The highest BCUT2D eigenvalue weighted by Crippen LogP contribution is 2.32. The van der Waals surface area contributed by atoms with Gasteiger partial charge in [-0.05, 0) is 80.4 Å². The molecule has 0 aliphatic heterocycles. The molecule has 156 valence electrons. The van der Waals surface area contributed by atoms with E-state index in [1.807, 2.05) is 6.92 Å². The van der Waals surface area contributed by atoms with Crippen LogP contribution in [0.15, 0.2) is 65.6 Å². The Kier molecular flexibility index (Phi) is 5.85. The van der Waals surface area contributed by atoms with Gasteiger partial charge in [-0.1, -0.05) is 17.7 Å². The number of aromatic hydroxyl groups is 1. The van der Waals surface area contributed by atoms with E-state index in [1.165, 1.54) is 43.5 Å². The average Bonchev–Trinajstić information content (AvgIpc) is 2.72. The van der Waals surface area contributed by atoms with Crippen LogP contribution >= 0.6 is 0 Å². The van der Waals surface area contributed by atoms with E-state index in [9.17, 15) is 18.3 Å². The van der Waals surface area contributed by atoms with Gasteiger partial charge < -0.3 is 9.84 Å². The van der Waals surface area contributed by atoms with Crippen molar-refractivity contribution in [1.82, 2.24) is 0 Å². The van der Waals surface area contributed by atoms with Crippen molar-refractivity contribution in [3.8, 4) is 11.5 Å². The summed E-state index contributed by atoms with van der Waals surface area (Å²) in [5, 5.41) is 10.1. The molecule has 0 aliphatic carbocycles. The lowest BCUT2D eigenvalue weighted by molar-refractivity contribution is 0.101. The number of carbonyl (C=O) groups excluding carboxylic acids is 1. The third kappa shape index (κ3) is 4.02. The smallest absolute Gasteiger partial charge is 0.272 e. The van der Waals surface area contributed by atoms with Gasteiger partial charge in [0.25, 0.3) is 15.9 Å². The number of hydrogen-bond acceptors (Lipinski definition) is 5. The summed E-state index contributed by atoms with van der Waals surface area (Å²) in [6.45, 7) is 5.16. The lowest BCUT2D eigenvalue weighted by Crippen LogP contribution is -2.37. The standard InChI is InChI=1S/C23H23NO5S/c1-15-5-11-21(12-6-15)30(27,28)24(19-13-16(2)22(25)17(3)14-19)23(26)18-7-9-20(29-4)10-8-18/h5-14,25H,1-4H3. The number of nitrogens with zero attached hydrogens (tertiary/aromatic N) is 1. The van der Waals surface area contributed by atoms with Crippen LogP contribution in [0, 0.1) is 20.8 Å². The van der Waals surface area contributed by atoms with Gasteiger partial charge in [0.15, 0.2) is 0 Å². The van der Waals surface area contributed by atoms with Crippen molar-refractivity contribution in [3.63, 3.8) is 0 Å². The zero-order valence-electron chi connectivity index (χ0n) is 17.2. The van der Waals surface area contributed by atoms with Crippen molar-refractivity contribution >= 4 is 21.6 Å². The maximum atomic E-state index is 13.5. The average molecular weight is 426 g/mol. The Morgan fingerprint density at radius 1 is 0.900 bits per heavy atom. The van der Waals surface area contributed by atoms with Gasteiger partial charge in [0.1, 0.15) is 11.5 Å². The molecule has 0 aliphatic rings. The zero-order valence-corrected chi connectivity index (χ0v) is 18.0. The van der Waals surface area contributed by atoms with Gasteiger partial charge in [0.2, 0.25) is 0 Å². The van der Waals surface area contributed by atoms with Gasteiger partial charge >= 0.3 is 0 Å². The van der Waals surface area contributed by atoms with Gasteiger partial charge in [-0.15, -0.1) is 0 Å². The van der Waals surface area contributed by atoms with Crippen LogP contribution in [-0.2, 0) is 10.0 Å². The van der Waals surface area contributed by atoms with Gasteiger partial charge in [0.05, 0.1) is 17.7 Å². The Hall–Kier alpha value is -3.32. The van der Waals surface area contributed by atoms with E-state index in [0.717, 1.165) is 9.87 Å². The molecule has 0 saturated carbocycles. The topological polar surface area (TPSA) is 83.9 Å². The van der Waals surface area contributed by atoms with Crippen LogP contribution in [0.3, 0.4) is 0 Å². The van der Waals surface area contributed by atoms with Crippen LogP contribution in [0.4, 0.5) is 5.69 Å². The SMILES string of the molecule is COc1ccc(C(=O)N(c2cc(C)c(O)c(C)c2)S(=O)(=O)c2ccc(C)cc2)cc1. The first-order chi connectivity index (χ1) is 14.1. The summed E-state index contributed by atoms with van der Waals surface area (Å²) in [5.41, 5.74) is 2.19. The number of anilines is 1. The molecule has 0 radical (unpaired) electrons. The minimum atomic E-state index is -4.21. The predicted octanol–water partition coefficient (Wildman–Crippen LogP) is 4.36. The van der Waals surface area contributed by atoms with Crippen molar-refractivity contribution in [3.05, 3.63) is 82.9 Å². The largest absolute Gasteiger partial charge is 0.507 e. The van der Waals surface area contributed by atoms with Crippen molar-refractivity contribution < 1.29 is 23.1 Å². The summed E-state index contributed by atoms with van der Waals surface area (Å²) in [6.07, 6.45) is 0. The Balaban J connectivity index is 2.20. The molecule has 0 bridgehead atoms. The quantitative estimate of drug-likeness (QED) is 0.657. The molecular formula is C23H23NO5S. The highest BCUT2D eigenvalue weighted by Gasteiger charge is 2.32. The first kappa shape index (κ1) is 21.4. The molecule has 7 heteroatoms. The molecule has 3 aromatic carbocycles. The Bertz CT molecular complexity index is 1160. The van der Waals surface area contributed by atoms with E-state index >= 15 is 0 Å². The second kappa shape index (κ2) is 8.20.